The van der Waals surface area contributed by atoms with E-state index in [1.807, 2.05) is 75.4 Å². The van der Waals surface area contributed by atoms with Gasteiger partial charge in [-0.2, -0.15) is 0 Å². The lowest BCUT2D eigenvalue weighted by atomic mass is 9.85. The van der Waals surface area contributed by atoms with Crippen LogP contribution in [0.3, 0.4) is 0 Å². The van der Waals surface area contributed by atoms with Gasteiger partial charge in [0.15, 0.2) is 0 Å². The maximum Gasteiger partial charge on any atom is 0.313 e. The third-order valence-corrected chi connectivity index (χ3v) is 16.9. The fourth-order valence-corrected chi connectivity index (χ4v) is 11.7. The lowest BCUT2D eigenvalue weighted by Gasteiger charge is -2.42. The van der Waals surface area contributed by atoms with Crippen LogP contribution >= 0.6 is 11.8 Å². The Kier molecular flexibility index (Phi) is 17.5. The highest BCUT2D eigenvalue weighted by Gasteiger charge is 2.48. The zero-order chi connectivity index (χ0) is 52.9. The van der Waals surface area contributed by atoms with E-state index in [9.17, 15) is 29.1 Å². The zero-order valence-corrected chi connectivity index (χ0v) is 44.7. The van der Waals surface area contributed by atoms with E-state index < -0.39 is 64.2 Å². The molecule has 0 saturated carbocycles. The van der Waals surface area contributed by atoms with Crippen molar-refractivity contribution >= 4 is 53.2 Å². The van der Waals surface area contributed by atoms with E-state index in [1.165, 1.54) is 16.0 Å². The van der Waals surface area contributed by atoms with Gasteiger partial charge < -0.3 is 46.8 Å². The van der Waals surface area contributed by atoms with Crippen molar-refractivity contribution in [3.63, 3.8) is 0 Å². The third-order valence-electron chi connectivity index (χ3n) is 15.5. The first-order valence-corrected chi connectivity index (χ1v) is 26.9. The largest absolute Gasteiger partial charge is 0.481 e. The van der Waals surface area contributed by atoms with Crippen molar-refractivity contribution in [3.8, 4) is 0 Å². The number of likely N-dealkylation sites (tertiary alicyclic amines) is 1. The fourth-order valence-electron chi connectivity index (χ4n) is 10.9. The summed E-state index contributed by atoms with van der Waals surface area (Å²) in [6.45, 7) is 12.7. The van der Waals surface area contributed by atoms with Crippen LogP contribution in [0.4, 0.5) is 0 Å². The molecule has 1 fully saturated rings. The Bertz CT molecular complexity index is 2560. The van der Waals surface area contributed by atoms with Crippen LogP contribution in [0, 0.1) is 5.41 Å². The summed E-state index contributed by atoms with van der Waals surface area (Å²) in [7, 11) is 3.31. The maximum atomic E-state index is 15.4. The summed E-state index contributed by atoms with van der Waals surface area (Å²) < 4.78 is -1.13. The Balaban J connectivity index is 1.24. The van der Waals surface area contributed by atoms with Crippen molar-refractivity contribution < 1.29 is 38.7 Å². The van der Waals surface area contributed by atoms with Gasteiger partial charge in [-0.3, -0.25) is 33.6 Å². The number of thioether (sulfide) groups is 1. The fraction of sp³-hybridized carbons (Fsp3) is 0.554. The summed E-state index contributed by atoms with van der Waals surface area (Å²) in [5.74, 6) is -4.00. The van der Waals surface area contributed by atoms with Crippen LogP contribution in [0.1, 0.15) is 138 Å². The minimum absolute atomic E-state index is 0.00285. The van der Waals surface area contributed by atoms with Gasteiger partial charge in [0.05, 0.1) is 29.9 Å². The normalized spacial score (nSPS) is 22.3. The van der Waals surface area contributed by atoms with E-state index in [1.54, 1.807) is 46.7 Å². The van der Waals surface area contributed by atoms with Crippen LogP contribution in [0.25, 0.3) is 0 Å². The number of rotatable bonds is 17. The minimum atomic E-state index is -1.23. The molecule has 73 heavy (non-hydrogen) atoms. The van der Waals surface area contributed by atoms with Crippen molar-refractivity contribution in [2.75, 3.05) is 26.4 Å². The number of carbonyl (C=O) groups is 7. The maximum absolute atomic E-state index is 15.4. The highest BCUT2D eigenvalue weighted by molar-refractivity contribution is 8.01. The number of carboxylic acids is 1. The van der Waals surface area contributed by atoms with Crippen molar-refractivity contribution in [3.05, 3.63) is 106 Å². The highest BCUT2D eigenvalue weighted by Crippen LogP contribution is 2.39. The molecule has 0 bridgehead atoms. The molecule has 9 atom stereocenters. The van der Waals surface area contributed by atoms with Gasteiger partial charge in [0.2, 0.25) is 35.4 Å². The van der Waals surface area contributed by atoms with E-state index in [-0.39, 0.29) is 66.9 Å². The second-order valence-corrected chi connectivity index (χ2v) is 23.6. The molecule has 1 saturated heterocycles. The summed E-state index contributed by atoms with van der Waals surface area (Å²) in [5.41, 5.74) is 6.22. The molecule has 3 aromatic rings. The summed E-state index contributed by atoms with van der Waals surface area (Å²) in [6.07, 6.45) is 5.57. The van der Waals surface area contributed by atoms with Crippen LogP contribution in [0.2, 0.25) is 0 Å². The molecule has 3 aromatic carbocycles. The van der Waals surface area contributed by atoms with Gasteiger partial charge in [-0.25, -0.2) is 0 Å². The monoisotopic (exact) mass is 1020 g/mol. The molecule has 2 heterocycles. The lowest BCUT2D eigenvalue weighted by molar-refractivity contribution is -0.145. The van der Waals surface area contributed by atoms with Gasteiger partial charge in [0.25, 0.3) is 0 Å². The van der Waals surface area contributed by atoms with Gasteiger partial charge in [0, 0.05) is 30.2 Å². The number of carbonyl (C=O) groups excluding carboxylic acids is 6. The lowest BCUT2D eigenvalue weighted by Crippen LogP contribution is -2.63. The predicted molar refractivity (Wildman–Crippen MR) is 282 cm³/mol. The number of carboxylic acid groups (broad SMARTS) is 1. The number of fused-ring (bicyclic) bond motifs is 3. The quantitative estimate of drug-likeness (QED) is 0.0971. The summed E-state index contributed by atoms with van der Waals surface area (Å²) in [5, 5.41) is 28.1. The molecule has 7 rings (SSSR count). The second-order valence-electron chi connectivity index (χ2n) is 22.0. The first-order valence-electron chi connectivity index (χ1n) is 25.9. The van der Waals surface area contributed by atoms with Gasteiger partial charge in [-0.05, 0) is 131 Å². The smallest absolute Gasteiger partial charge is 0.313 e. The highest BCUT2D eigenvalue weighted by atomic mass is 32.2. The van der Waals surface area contributed by atoms with Crippen molar-refractivity contribution in [2.24, 2.45) is 5.41 Å². The molecule has 17 heteroatoms. The predicted octanol–water partition coefficient (Wildman–Crippen LogP) is 4.84. The molecule has 6 amide bonds. The molecule has 2 aliphatic heterocycles. The first kappa shape index (κ1) is 55.0. The third kappa shape index (κ3) is 12.6. The number of aliphatic carboxylic acids is 1. The summed E-state index contributed by atoms with van der Waals surface area (Å²) in [4.78, 5) is 102. The molecular weight excluding hydrogens is 945 g/mol. The van der Waals surface area contributed by atoms with Crippen LogP contribution in [-0.4, -0.2) is 124 Å². The Labute approximate surface area is 434 Å². The Morgan fingerprint density at radius 3 is 1.73 bits per heavy atom. The van der Waals surface area contributed by atoms with Crippen LogP contribution in [-0.2, 0) is 59.4 Å². The van der Waals surface area contributed by atoms with E-state index in [2.05, 4.69) is 44.0 Å². The topological polar surface area (TPSA) is 218 Å². The molecule has 7 N–H and O–H groups in total. The number of hydrogen-bond acceptors (Lipinski definition) is 10. The SMILES string of the molecule is CN[C@@H](C)C(=O)NC(C(=O)N1CC(c2ccc3c(c2)CN(C(=O)C(NC(=O)[C@H](C)NC)C(C)(C)SCC(=O)O)C(C(=O)NC2CCCc4ccccc42)C3)C[C@H]1C(=O)NC1CCCc2ccccc21)C(C)(C)C. The Morgan fingerprint density at radius 2 is 1.19 bits per heavy atom. The van der Waals surface area contributed by atoms with Crippen LogP contribution < -0.4 is 31.9 Å². The van der Waals surface area contributed by atoms with Gasteiger partial charge in [-0.1, -0.05) is 87.5 Å². The van der Waals surface area contributed by atoms with Gasteiger partial charge in [0.1, 0.15) is 24.2 Å². The standard InChI is InChI=1S/C56H76N8O8S/c1-32(57-8)49(67)61-47(55(3,4)5)53(71)63-30-39(28-45(63)52(70)60-43-23-15-19-35-17-11-13-21-41(35)43)36-24-25-37-27-44(51(69)59-42-22-14-18-34-16-10-12-20-40(34)42)64(29-38(37)26-36)54(72)48(62-50(68)33(2)58-9)56(6,7)73-31-46(65)66/h10-13,16-17,20-21,24-26,32-33,39,42-45,47-48,57-58H,14-15,18-19,22-23,27-31H2,1-9H3,(H,59,69)(H,60,70)(H,61,67)(H,62,68)(H,65,66)/t32-,33-,39?,42?,43?,44?,45-,47?,48?/m0/s1. The van der Waals surface area contributed by atoms with E-state index >= 15 is 9.59 Å². The number of likely N-dealkylation sites (N-methyl/N-ethyl adjacent to an activating group) is 2. The molecule has 16 nitrogen and oxygen atoms in total. The molecule has 0 radical (unpaired) electrons. The molecular formula is C56H76N8O8S. The molecule has 394 valence electrons. The Hall–Kier alpha value is -5.78. The molecule has 0 spiro atoms. The van der Waals surface area contributed by atoms with Crippen LogP contribution in [0.5, 0.6) is 0 Å². The van der Waals surface area contributed by atoms with Crippen molar-refractivity contribution in [2.45, 2.75) is 165 Å². The zero-order valence-electron chi connectivity index (χ0n) is 43.9. The van der Waals surface area contributed by atoms with Gasteiger partial charge in [-0.15, -0.1) is 11.8 Å². The number of hydrogen-bond donors (Lipinski definition) is 7. The summed E-state index contributed by atoms with van der Waals surface area (Å²) >= 11 is 1.03. The number of nitrogens with one attached hydrogen (secondary N) is 6. The molecule has 0 aromatic heterocycles. The van der Waals surface area contributed by atoms with Crippen molar-refractivity contribution in [1.29, 1.82) is 0 Å². The number of nitrogens with zero attached hydrogens (tertiary/aromatic N) is 2. The first-order chi connectivity index (χ1) is 34.6. The number of benzene rings is 3. The number of aryl methyl sites for hydroxylation is 2. The molecule has 6 unspecified atom stereocenters. The minimum Gasteiger partial charge on any atom is -0.481 e. The van der Waals surface area contributed by atoms with Gasteiger partial charge >= 0.3 is 5.97 Å². The van der Waals surface area contributed by atoms with E-state index in [0.717, 1.165) is 78.1 Å². The Morgan fingerprint density at radius 1 is 0.671 bits per heavy atom. The second kappa shape index (κ2) is 23.2. The average Bonchev–Trinajstić information content (AvgIpc) is 3.83. The van der Waals surface area contributed by atoms with Crippen molar-refractivity contribution in [1.82, 2.24) is 41.7 Å². The number of amides is 6. The van der Waals surface area contributed by atoms with Crippen LogP contribution in [0.15, 0.2) is 66.7 Å². The molecule has 2 aliphatic carbocycles. The summed E-state index contributed by atoms with van der Waals surface area (Å²) in [6, 6.07) is 16.4. The van der Waals surface area contributed by atoms with E-state index in [4.69, 9.17) is 0 Å². The van der Waals surface area contributed by atoms with E-state index in [0.29, 0.717) is 6.42 Å². The average molecular weight is 1020 g/mol. The molecule has 4 aliphatic rings.